The van der Waals surface area contributed by atoms with Crippen LogP contribution in [0.15, 0.2) is 66.6 Å². The number of benzene rings is 2. The van der Waals surface area contributed by atoms with Gasteiger partial charge in [0.25, 0.3) is 0 Å². The summed E-state index contributed by atoms with van der Waals surface area (Å²) in [7, 11) is 0. The van der Waals surface area contributed by atoms with Crippen LogP contribution in [0.25, 0.3) is 33.1 Å². The van der Waals surface area contributed by atoms with Gasteiger partial charge in [-0.1, -0.05) is 18.2 Å². The first-order chi connectivity index (χ1) is 10.6. The van der Waals surface area contributed by atoms with E-state index in [1.165, 1.54) is 0 Å². The highest BCUT2D eigenvalue weighted by Gasteiger charge is 2.14. The average Bonchev–Trinajstić information content (AvgIpc) is 2.85. The SMILES string of the molecule is Brc1cc(-c2ccc3oc4ccccc4c3c2Br)cc(Br)n1. The molecule has 2 nitrogen and oxygen atoms in total. The van der Waals surface area contributed by atoms with Crippen molar-refractivity contribution in [2.24, 2.45) is 0 Å². The van der Waals surface area contributed by atoms with E-state index in [2.05, 4.69) is 64.9 Å². The monoisotopic (exact) mass is 479 g/mol. The normalized spacial score (nSPS) is 11.4. The number of rotatable bonds is 1. The van der Waals surface area contributed by atoms with Gasteiger partial charge in [0, 0.05) is 15.2 Å². The molecule has 2 aromatic heterocycles. The molecule has 0 radical (unpaired) electrons. The molecule has 4 rings (SSSR count). The zero-order valence-electron chi connectivity index (χ0n) is 11.1. The van der Waals surface area contributed by atoms with Gasteiger partial charge in [-0.3, -0.25) is 0 Å². The third kappa shape index (κ3) is 2.32. The van der Waals surface area contributed by atoms with Gasteiger partial charge in [-0.2, -0.15) is 0 Å². The lowest BCUT2D eigenvalue weighted by atomic mass is 10.0. The standard InChI is InChI=1S/C17H8Br3NO/c18-14-7-9(8-15(19)21-14)10-5-6-13-16(17(10)20)11-3-1-2-4-12(11)22-13/h1-8H. The van der Waals surface area contributed by atoms with E-state index >= 15 is 0 Å². The van der Waals surface area contributed by atoms with Crippen molar-refractivity contribution in [2.75, 3.05) is 0 Å². The molecule has 108 valence electrons. The predicted molar refractivity (Wildman–Crippen MR) is 100 cm³/mol. The lowest BCUT2D eigenvalue weighted by molar-refractivity contribution is 0.669. The third-order valence-corrected chi connectivity index (χ3v) is 5.19. The number of fused-ring (bicyclic) bond motifs is 3. The van der Waals surface area contributed by atoms with Crippen molar-refractivity contribution < 1.29 is 4.42 Å². The Balaban J connectivity index is 2.07. The van der Waals surface area contributed by atoms with Crippen molar-refractivity contribution in [1.29, 1.82) is 0 Å². The maximum Gasteiger partial charge on any atom is 0.136 e. The van der Waals surface area contributed by atoms with Crippen LogP contribution in [0.2, 0.25) is 0 Å². The lowest BCUT2D eigenvalue weighted by Gasteiger charge is -2.07. The minimum atomic E-state index is 0.793. The second-order valence-electron chi connectivity index (χ2n) is 4.90. The van der Waals surface area contributed by atoms with Crippen LogP contribution in [0.5, 0.6) is 0 Å². The van der Waals surface area contributed by atoms with E-state index in [0.29, 0.717) is 0 Å². The molecule has 22 heavy (non-hydrogen) atoms. The van der Waals surface area contributed by atoms with E-state index < -0.39 is 0 Å². The molecule has 0 aliphatic heterocycles. The maximum absolute atomic E-state index is 5.91. The molecule has 0 spiro atoms. The number of halogens is 3. The summed E-state index contributed by atoms with van der Waals surface area (Å²) in [5.41, 5.74) is 3.95. The number of pyridine rings is 1. The third-order valence-electron chi connectivity index (χ3n) is 3.55. The molecule has 0 atom stereocenters. The average molecular weight is 482 g/mol. The first-order valence-corrected chi connectivity index (χ1v) is 8.94. The van der Waals surface area contributed by atoms with Crippen molar-refractivity contribution in [3.8, 4) is 11.1 Å². The Morgan fingerprint density at radius 3 is 2.32 bits per heavy atom. The number of furan rings is 1. The minimum absolute atomic E-state index is 0.793. The molecule has 0 bridgehead atoms. The summed E-state index contributed by atoms with van der Waals surface area (Å²) >= 11 is 10.6. The Morgan fingerprint density at radius 2 is 1.55 bits per heavy atom. The number of hydrogen-bond donors (Lipinski definition) is 0. The molecule has 5 heteroatoms. The predicted octanol–water partition coefficient (Wildman–Crippen LogP) is 6.94. The van der Waals surface area contributed by atoms with Crippen molar-refractivity contribution in [2.45, 2.75) is 0 Å². The van der Waals surface area contributed by atoms with Crippen LogP contribution in [0.4, 0.5) is 0 Å². The quantitative estimate of drug-likeness (QED) is 0.275. The summed E-state index contributed by atoms with van der Waals surface area (Å²) in [6.45, 7) is 0. The number of aromatic nitrogens is 1. The first-order valence-electron chi connectivity index (χ1n) is 6.57. The van der Waals surface area contributed by atoms with Gasteiger partial charge in [0.05, 0.1) is 0 Å². The molecule has 2 aromatic carbocycles. The molecule has 0 unspecified atom stereocenters. The van der Waals surface area contributed by atoms with Crippen LogP contribution in [-0.4, -0.2) is 4.98 Å². The first kappa shape index (κ1) is 14.4. The van der Waals surface area contributed by atoms with Gasteiger partial charge < -0.3 is 4.42 Å². The Hall–Kier alpha value is -1.17. The van der Waals surface area contributed by atoms with E-state index in [9.17, 15) is 0 Å². The maximum atomic E-state index is 5.91. The number of nitrogens with zero attached hydrogens (tertiary/aromatic N) is 1. The minimum Gasteiger partial charge on any atom is -0.456 e. The highest BCUT2D eigenvalue weighted by atomic mass is 79.9. The highest BCUT2D eigenvalue weighted by molar-refractivity contribution is 9.11. The highest BCUT2D eigenvalue weighted by Crippen LogP contribution is 2.40. The summed E-state index contributed by atoms with van der Waals surface area (Å²) in [4.78, 5) is 4.29. The molecule has 0 saturated carbocycles. The zero-order valence-corrected chi connectivity index (χ0v) is 15.9. The van der Waals surface area contributed by atoms with Crippen molar-refractivity contribution in [1.82, 2.24) is 4.98 Å². The van der Waals surface area contributed by atoms with Crippen LogP contribution in [-0.2, 0) is 0 Å². The second-order valence-corrected chi connectivity index (χ2v) is 7.32. The van der Waals surface area contributed by atoms with Gasteiger partial charge in [0.1, 0.15) is 20.4 Å². The molecular formula is C17H8Br3NO. The molecule has 0 amide bonds. The summed E-state index contributed by atoms with van der Waals surface area (Å²) in [6, 6.07) is 16.1. The van der Waals surface area contributed by atoms with Crippen LogP contribution in [0.1, 0.15) is 0 Å². The summed E-state index contributed by atoms with van der Waals surface area (Å²) in [5, 5.41) is 2.20. The van der Waals surface area contributed by atoms with Gasteiger partial charge in [-0.25, -0.2) is 4.98 Å². The number of para-hydroxylation sites is 1. The fourth-order valence-corrected chi connectivity index (χ4v) is 4.50. The Bertz CT molecular complexity index is 1000. The molecule has 2 heterocycles. The van der Waals surface area contributed by atoms with Gasteiger partial charge >= 0.3 is 0 Å². The summed E-state index contributed by atoms with van der Waals surface area (Å²) in [6.07, 6.45) is 0. The van der Waals surface area contributed by atoms with E-state index in [1.54, 1.807) is 0 Å². The van der Waals surface area contributed by atoms with Crippen LogP contribution in [0, 0.1) is 0 Å². The van der Waals surface area contributed by atoms with Crippen molar-refractivity contribution in [3.05, 3.63) is 62.2 Å². The topological polar surface area (TPSA) is 26.0 Å². The largest absolute Gasteiger partial charge is 0.456 e. The van der Waals surface area contributed by atoms with Crippen LogP contribution >= 0.6 is 47.8 Å². The summed E-state index contributed by atoms with van der Waals surface area (Å²) in [5.74, 6) is 0. The van der Waals surface area contributed by atoms with Gasteiger partial charge in [-0.15, -0.1) is 0 Å². The Morgan fingerprint density at radius 1 is 0.818 bits per heavy atom. The van der Waals surface area contributed by atoms with E-state index in [-0.39, 0.29) is 0 Å². The fourth-order valence-electron chi connectivity index (χ4n) is 2.62. The Kier molecular flexibility index (Phi) is 3.59. The molecule has 0 aliphatic carbocycles. The summed E-state index contributed by atoms with van der Waals surface area (Å²) < 4.78 is 8.52. The smallest absolute Gasteiger partial charge is 0.136 e. The molecule has 0 saturated heterocycles. The number of hydrogen-bond acceptors (Lipinski definition) is 2. The van der Waals surface area contributed by atoms with E-state index in [4.69, 9.17) is 4.42 Å². The molecule has 4 aromatic rings. The van der Waals surface area contributed by atoms with Gasteiger partial charge in [0.15, 0.2) is 0 Å². The van der Waals surface area contributed by atoms with Gasteiger partial charge in [0.2, 0.25) is 0 Å². The van der Waals surface area contributed by atoms with E-state index in [0.717, 1.165) is 46.7 Å². The van der Waals surface area contributed by atoms with Crippen molar-refractivity contribution in [3.63, 3.8) is 0 Å². The van der Waals surface area contributed by atoms with Crippen LogP contribution in [0.3, 0.4) is 0 Å². The van der Waals surface area contributed by atoms with Crippen molar-refractivity contribution >= 4 is 69.7 Å². The molecule has 0 aliphatic rings. The molecule has 0 N–H and O–H groups in total. The zero-order chi connectivity index (χ0) is 15.3. The van der Waals surface area contributed by atoms with Crippen LogP contribution < -0.4 is 0 Å². The molecule has 0 fully saturated rings. The van der Waals surface area contributed by atoms with E-state index in [1.807, 2.05) is 36.4 Å². The Labute approximate surface area is 151 Å². The fraction of sp³-hybridized carbons (Fsp3) is 0. The van der Waals surface area contributed by atoms with Gasteiger partial charge in [-0.05, 0) is 89.2 Å². The molecular weight excluding hydrogens is 474 g/mol. The lowest BCUT2D eigenvalue weighted by Crippen LogP contribution is -1.85. The second kappa shape index (κ2) is 5.48.